The predicted octanol–water partition coefficient (Wildman–Crippen LogP) is 3.68. The second-order valence-corrected chi connectivity index (χ2v) is 8.39. The summed E-state index contributed by atoms with van der Waals surface area (Å²) in [5, 5.41) is 10.2. The van der Waals surface area contributed by atoms with E-state index >= 15 is 0 Å². The maximum Gasteiger partial charge on any atom is 0.238 e. The molecular weight excluding hydrogens is 386 g/mol. The molecule has 0 saturated carbocycles. The molecule has 0 bridgehead atoms. The molecule has 2 aromatic carbocycles. The fraction of sp³-hybridized carbons (Fsp3) is 0.158. The van der Waals surface area contributed by atoms with E-state index in [9.17, 15) is 13.2 Å². The number of rotatable bonds is 5. The first-order valence-corrected chi connectivity index (χ1v) is 10.1. The fourth-order valence-corrected chi connectivity index (χ4v) is 3.24. The van der Waals surface area contributed by atoms with Gasteiger partial charge in [-0.2, -0.15) is 5.10 Å². The van der Waals surface area contributed by atoms with Crippen LogP contribution in [-0.4, -0.2) is 24.0 Å². The van der Waals surface area contributed by atoms with E-state index in [4.69, 9.17) is 16.7 Å². The van der Waals surface area contributed by atoms with Crippen molar-refractivity contribution in [1.82, 2.24) is 9.78 Å². The number of sulfonamides is 1. The van der Waals surface area contributed by atoms with E-state index in [2.05, 4.69) is 5.10 Å². The minimum absolute atomic E-state index is 0.0160. The van der Waals surface area contributed by atoms with Crippen LogP contribution in [0.15, 0.2) is 59.5 Å². The van der Waals surface area contributed by atoms with Gasteiger partial charge in [0.05, 0.1) is 16.3 Å². The topological polar surface area (TPSA) is 95.0 Å². The van der Waals surface area contributed by atoms with E-state index in [1.807, 2.05) is 13.8 Å². The van der Waals surface area contributed by atoms with Gasteiger partial charge >= 0.3 is 0 Å². The lowest BCUT2D eigenvalue weighted by Crippen LogP contribution is -2.11. The Kier molecular flexibility index (Phi) is 5.19. The smallest absolute Gasteiger partial charge is 0.238 e. The summed E-state index contributed by atoms with van der Waals surface area (Å²) in [6.45, 7) is 3.62. The van der Waals surface area contributed by atoms with Gasteiger partial charge in [0.15, 0.2) is 5.78 Å². The summed E-state index contributed by atoms with van der Waals surface area (Å²) in [7, 11) is -3.78. The normalized spacial score (nSPS) is 11.7. The van der Waals surface area contributed by atoms with E-state index in [-0.39, 0.29) is 16.6 Å². The first-order chi connectivity index (χ1) is 12.7. The number of primary sulfonamides is 1. The van der Waals surface area contributed by atoms with Crippen LogP contribution in [0.2, 0.25) is 5.02 Å². The second-order valence-electron chi connectivity index (χ2n) is 6.39. The van der Waals surface area contributed by atoms with Crippen LogP contribution < -0.4 is 5.14 Å². The van der Waals surface area contributed by atoms with Gasteiger partial charge in [-0.1, -0.05) is 37.6 Å². The predicted molar refractivity (Wildman–Crippen MR) is 105 cm³/mol. The van der Waals surface area contributed by atoms with Crippen LogP contribution in [0.1, 0.15) is 24.3 Å². The van der Waals surface area contributed by atoms with Gasteiger partial charge in [0.25, 0.3) is 0 Å². The van der Waals surface area contributed by atoms with Crippen molar-refractivity contribution in [3.63, 3.8) is 0 Å². The molecule has 3 aromatic rings. The van der Waals surface area contributed by atoms with Crippen LogP contribution in [0.25, 0.3) is 16.9 Å². The zero-order valence-electron chi connectivity index (χ0n) is 14.8. The van der Waals surface area contributed by atoms with E-state index in [0.29, 0.717) is 22.0 Å². The minimum atomic E-state index is -3.78. The zero-order valence-corrected chi connectivity index (χ0v) is 16.3. The number of carbonyl (C=O) groups excluding carboxylic acids is 1. The maximum atomic E-state index is 12.4. The molecule has 0 saturated heterocycles. The van der Waals surface area contributed by atoms with Crippen molar-refractivity contribution in [3.05, 3.63) is 65.3 Å². The van der Waals surface area contributed by atoms with E-state index < -0.39 is 10.0 Å². The van der Waals surface area contributed by atoms with Gasteiger partial charge in [0.2, 0.25) is 10.0 Å². The van der Waals surface area contributed by atoms with E-state index in [1.165, 1.54) is 12.1 Å². The number of Topliss-reactive ketones (excluding diaryl/α,β-unsaturated/α-hetero) is 1. The van der Waals surface area contributed by atoms with Gasteiger partial charge in [-0.05, 0) is 42.5 Å². The Labute approximate surface area is 162 Å². The number of benzene rings is 2. The Bertz CT molecular complexity index is 1090. The largest absolute Gasteiger partial charge is 0.292 e. The third kappa shape index (κ3) is 4.10. The summed E-state index contributed by atoms with van der Waals surface area (Å²) >= 11 is 5.96. The Morgan fingerprint density at radius 1 is 1.07 bits per heavy atom. The van der Waals surface area contributed by atoms with Crippen LogP contribution >= 0.6 is 11.6 Å². The molecule has 0 amide bonds. The molecule has 0 aliphatic carbocycles. The molecular formula is C19H18ClN3O3S. The average Bonchev–Trinajstić information content (AvgIpc) is 3.06. The van der Waals surface area contributed by atoms with Crippen LogP contribution in [0.5, 0.6) is 0 Å². The summed E-state index contributed by atoms with van der Waals surface area (Å²) in [5.74, 6) is -0.277. The van der Waals surface area contributed by atoms with Gasteiger partial charge < -0.3 is 0 Å². The number of carbonyl (C=O) groups is 1. The van der Waals surface area contributed by atoms with Crippen molar-refractivity contribution in [3.8, 4) is 16.9 Å². The van der Waals surface area contributed by atoms with Gasteiger partial charge in [0, 0.05) is 16.5 Å². The monoisotopic (exact) mass is 403 g/mol. The number of ketones is 1. The number of nitrogens with two attached hydrogens (primary N) is 1. The summed E-state index contributed by atoms with van der Waals surface area (Å²) in [5.41, 5.74) is 2.42. The average molecular weight is 404 g/mol. The highest BCUT2D eigenvalue weighted by Gasteiger charge is 2.19. The number of hydrogen-bond donors (Lipinski definition) is 1. The van der Waals surface area contributed by atoms with E-state index in [0.717, 1.165) is 5.69 Å². The van der Waals surface area contributed by atoms with Crippen molar-refractivity contribution >= 4 is 27.4 Å². The van der Waals surface area contributed by atoms with Gasteiger partial charge in [0.1, 0.15) is 5.69 Å². The van der Waals surface area contributed by atoms with E-state index in [1.54, 1.807) is 47.1 Å². The summed E-state index contributed by atoms with van der Waals surface area (Å²) in [6.07, 6.45) is 0. The first kappa shape index (κ1) is 19.3. The Hall–Kier alpha value is -2.48. The molecule has 1 aromatic heterocycles. The quantitative estimate of drug-likeness (QED) is 0.657. The molecule has 2 N–H and O–H groups in total. The first-order valence-electron chi connectivity index (χ1n) is 8.20. The van der Waals surface area contributed by atoms with Crippen LogP contribution in [0, 0.1) is 5.92 Å². The molecule has 0 fully saturated rings. The summed E-state index contributed by atoms with van der Waals surface area (Å²) in [6, 6.07) is 14.9. The molecule has 0 aliphatic rings. The molecule has 0 atom stereocenters. The standard InChI is InChI=1S/C19H18ClN3O3S/c1-12(2)19(24)17-11-18(13-3-9-16(10-4-13)27(21,25)26)23(22-17)15-7-5-14(20)6-8-15/h3-12H,1-2H3,(H2,21,25,26). The Balaban J connectivity index is 2.15. The lowest BCUT2D eigenvalue weighted by Gasteiger charge is -2.08. The minimum Gasteiger partial charge on any atom is -0.292 e. The van der Waals surface area contributed by atoms with Gasteiger partial charge in [-0.25, -0.2) is 18.2 Å². The number of halogens is 1. The molecule has 27 heavy (non-hydrogen) atoms. The highest BCUT2D eigenvalue weighted by atomic mass is 35.5. The molecule has 0 spiro atoms. The molecule has 0 unspecified atom stereocenters. The lowest BCUT2D eigenvalue weighted by molar-refractivity contribution is 0.0934. The summed E-state index contributed by atoms with van der Waals surface area (Å²) < 4.78 is 24.6. The van der Waals surface area contributed by atoms with Gasteiger partial charge in [-0.3, -0.25) is 4.79 Å². The number of aromatic nitrogens is 2. The van der Waals surface area contributed by atoms with Crippen LogP contribution in [0.3, 0.4) is 0 Å². The van der Waals surface area contributed by atoms with Crippen molar-refractivity contribution in [2.75, 3.05) is 0 Å². The highest BCUT2D eigenvalue weighted by molar-refractivity contribution is 7.89. The molecule has 140 valence electrons. The third-order valence-electron chi connectivity index (χ3n) is 4.04. The number of hydrogen-bond acceptors (Lipinski definition) is 4. The molecule has 1 heterocycles. The molecule has 0 aliphatic heterocycles. The second kappa shape index (κ2) is 7.26. The lowest BCUT2D eigenvalue weighted by atomic mass is 10.1. The number of nitrogens with zero attached hydrogens (tertiary/aromatic N) is 2. The summed E-state index contributed by atoms with van der Waals surface area (Å²) in [4.78, 5) is 12.4. The van der Waals surface area contributed by atoms with Crippen molar-refractivity contribution in [2.24, 2.45) is 11.1 Å². The zero-order chi connectivity index (χ0) is 19.8. The highest BCUT2D eigenvalue weighted by Crippen LogP contribution is 2.27. The van der Waals surface area contributed by atoms with Crippen LogP contribution in [-0.2, 0) is 10.0 Å². The van der Waals surface area contributed by atoms with Crippen LogP contribution in [0.4, 0.5) is 0 Å². The molecule has 6 nitrogen and oxygen atoms in total. The molecule has 3 rings (SSSR count). The van der Waals surface area contributed by atoms with Crippen molar-refractivity contribution in [2.45, 2.75) is 18.7 Å². The SMILES string of the molecule is CC(C)C(=O)c1cc(-c2ccc(S(N)(=O)=O)cc2)n(-c2ccc(Cl)cc2)n1. The van der Waals surface area contributed by atoms with Gasteiger partial charge in [-0.15, -0.1) is 0 Å². The fourth-order valence-electron chi connectivity index (χ4n) is 2.60. The maximum absolute atomic E-state index is 12.4. The molecule has 0 radical (unpaired) electrons. The Morgan fingerprint density at radius 2 is 1.67 bits per heavy atom. The van der Waals surface area contributed by atoms with Crippen molar-refractivity contribution in [1.29, 1.82) is 0 Å². The Morgan fingerprint density at radius 3 is 2.19 bits per heavy atom. The third-order valence-corrected chi connectivity index (χ3v) is 5.22. The molecule has 8 heteroatoms. The van der Waals surface area contributed by atoms with Crippen molar-refractivity contribution < 1.29 is 13.2 Å².